The van der Waals surface area contributed by atoms with Crippen LogP contribution in [0, 0.1) is 0 Å². The summed E-state index contributed by atoms with van der Waals surface area (Å²) in [5.74, 6) is 0.757. The maximum absolute atomic E-state index is 8.64. The van der Waals surface area contributed by atoms with Gasteiger partial charge in [0.05, 0.1) is 5.69 Å². The Balaban J connectivity index is 2.12. The van der Waals surface area contributed by atoms with E-state index in [1.165, 1.54) is 31.2 Å². The molecular weight excluding hydrogens is 162 g/mol. The molecule has 0 amide bonds. The second-order valence-corrected chi connectivity index (χ2v) is 3.72. The van der Waals surface area contributed by atoms with Crippen molar-refractivity contribution in [1.29, 1.82) is 0 Å². The van der Waals surface area contributed by atoms with E-state index in [0.717, 1.165) is 11.6 Å². The molecule has 70 valence electrons. The minimum atomic E-state index is 0.757. The van der Waals surface area contributed by atoms with Gasteiger partial charge in [0, 0.05) is 0 Å². The molecule has 1 fully saturated rings. The van der Waals surface area contributed by atoms with Crippen LogP contribution >= 0.6 is 0 Å². The van der Waals surface area contributed by atoms with Crippen molar-refractivity contribution in [2.24, 2.45) is 0 Å². The number of hydrogen-bond donors (Lipinski definition) is 2. The van der Waals surface area contributed by atoms with Crippen molar-refractivity contribution in [2.75, 3.05) is 5.48 Å². The van der Waals surface area contributed by atoms with Gasteiger partial charge in [-0.25, -0.2) is 0 Å². The van der Waals surface area contributed by atoms with Gasteiger partial charge in [0.25, 0.3) is 0 Å². The molecular formula is C11H15NO. The Morgan fingerprint density at radius 2 is 1.69 bits per heavy atom. The quantitative estimate of drug-likeness (QED) is 0.680. The summed E-state index contributed by atoms with van der Waals surface area (Å²) in [6, 6.07) is 8.06. The molecule has 2 nitrogen and oxygen atoms in total. The second-order valence-electron chi connectivity index (χ2n) is 3.72. The summed E-state index contributed by atoms with van der Waals surface area (Å²) in [5.41, 5.74) is 4.32. The lowest BCUT2D eigenvalue weighted by Crippen LogP contribution is -1.93. The monoisotopic (exact) mass is 177 g/mol. The van der Waals surface area contributed by atoms with E-state index in [9.17, 15) is 0 Å². The first kappa shape index (κ1) is 8.57. The van der Waals surface area contributed by atoms with Gasteiger partial charge in [-0.3, -0.25) is 10.7 Å². The highest BCUT2D eigenvalue weighted by Crippen LogP contribution is 2.34. The van der Waals surface area contributed by atoms with Crippen molar-refractivity contribution >= 4 is 5.69 Å². The third kappa shape index (κ3) is 1.83. The lowest BCUT2D eigenvalue weighted by molar-refractivity contribution is 0.389. The van der Waals surface area contributed by atoms with E-state index >= 15 is 0 Å². The first-order valence-electron chi connectivity index (χ1n) is 4.90. The van der Waals surface area contributed by atoms with E-state index in [2.05, 4.69) is 17.6 Å². The Labute approximate surface area is 78.5 Å². The Kier molecular flexibility index (Phi) is 2.50. The molecule has 0 atom stereocenters. The molecule has 1 aliphatic rings. The van der Waals surface area contributed by atoms with Gasteiger partial charge in [0.15, 0.2) is 0 Å². The minimum absolute atomic E-state index is 0.757. The lowest BCUT2D eigenvalue weighted by atomic mass is 9.98. The largest absolute Gasteiger partial charge is 0.291 e. The average Bonchev–Trinajstić information content (AvgIpc) is 2.71. The highest BCUT2D eigenvalue weighted by Gasteiger charge is 2.16. The Hall–Kier alpha value is -1.02. The summed E-state index contributed by atoms with van der Waals surface area (Å²) in [6.45, 7) is 0. The van der Waals surface area contributed by atoms with E-state index in [1.807, 2.05) is 12.1 Å². The molecule has 0 unspecified atom stereocenters. The number of benzene rings is 1. The summed E-state index contributed by atoms with van der Waals surface area (Å²) >= 11 is 0. The van der Waals surface area contributed by atoms with Crippen LogP contribution in [0.1, 0.15) is 37.2 Å². The Morgan fingerprint density at radius 1 is 1.08 bits per heavy atom. The normalized spacial score (nSPS) is 17.6. The molecule has 2 rings (SSSR count). The smallest absolute Gasteiger partial charge is 0.0602 e. The molecule has 2 N–H and O–H groups in total. The fourth-order valence-corrected chi connectivity index (χ4v) is 2.09. The third-order valence-electron chi connectivity index (χ3n) is 2.87. The molecule has 1 aromatic carbocycles. The van der Waals surface area contributed by atoms with Crippen molar-refractivity contribution in [3.8, 4) is 0 Å². The maximum Gasteiger partial charge on any atom is 0.0602 e. The zero-order chi connectivity index (χ0) is 9.10. The third-order valence-corrected chi connectivity index (χ3v) is 2.87. The van der Waals surface area contributed by atoms with Gasteiger partial charge in [0.1, 0.15) is 0 Å². The summed E-state index contributed by atoms with van der Waals surface area (Å²) < 4.78 is 0. The second kappa shape index (κ2) is 3.79. The summed E-state index contributed by atoms with van der Waals surface area (Å²) in [7, 11) is 0. The number of rotatable bonds is 2. The number of anilines is 1. The van der Waals surface area contributed by atoms with Crippen molar-refractivity contribution in [2.45, 2.75) is 31.6 Å². The van der Waals surface area contributed by atoms with E-state index in [4.69, 9.17) is 5.21 Å². The first-order valence-corrected chi connectivity index (χ1v) is 4.90. The summed E-state index contributed by atoms with van der Waals surface area (Å²) in [6.07, 6.45) is 5.38. The van der Waals surface area contributed by atoms with Crippen molar-refractivity contribution in [3.05, 3.63) is 29.8 Å². The van der Waals surface area contributed by atoms with Gasteiger partial charge >= 0.3 is 0 Å². The lowest BCUT2D eigenvalue weighted by Gasteiger charge is -2.09. The van der Waals surface area contributed by atoms with Gasteiger partial charge < -0.3 is 0 Å². The molecule has 1 aromatic rings. The van der Waals surface area contributed by atoms with E-state index in [-0.39, 0.29) is 0 Å². The van der Waals surface area contributed by atoms with E-state index < -0.39 is 0 Å². The first-order chi connectivity index (χ1) is 6.40. The molecule has 0 radical (unpaired) electrons. The molecule has 0 spiro atoms. The Morgan fingerprint density at radius 3 is 2.23 bits per heavy atom. The standard InChI is InChI=1S/C11H15NO/c13-12-11-7-5-10(6-8-11)9-3-1-2-4-9/h5-9,12-13H,1-4H2. The molecule has 2 heteroatoms. The van der Waals surface area contributed by atoms with Crippen molar-refractivity contribution < 1.29 is 5.21 Å². The van der Waals surface area contributed by atoms with Gasteiger partial charge in [-0.1, -0.05) is 25.0 Å². The molecule has 1 saturated carbocycles. The topological polar surface area (TPSA) is 32.3 Å². The zero-order valence-corrected chi connectivity index (χ0v) is 7.66. The van der Waals surface area contributed by atoms with Gasteiger partial charge in [-0.2, -0.15) is 0 Å². The predicted molar refractivity (Wildman–Crippen MR) is 53.1 cm³/mol. The fourth-order valence-electron chi connectivity index (χ4n) is 2.09. The number of hydrogen-bond acceptors (Lipinski definition) is 2. The SMILES string of the molecule is ONc1ccc(C2CCCC2)cc1. The van der Waals surface area contributed by atoms with Crippen molar-refractivity contribution in [3.63, 3.8) is 0 Å². The molecule has 0 aliphatic heterocycles. The molecule has 0 saturated heterocycles. The average molecular weight is 177 g/mol. The molecule has 0 bridgehead atoms. The van der Waals surface area contributed by atoms with Gasteiger partial charge in [-0.15, -0.1) is 0 Å². The highest BCUT2D eigenvalue weighted by atomic mass is 16.5. The van der Waals surface area contributed by atoms with Gasteiger partial charge in [0.2, 0.25) is 0 Å². The van der Waals surface area contributed by atoms with Crippen LogP contribution in [-0.4, -0.2) is 5.21 Å². The van der Waals surface area contributed by atoms with Crippen LogP contribution in [0.15, 0.2) is 24.3 Å². The van der Waals surface area contributed by atoms with E-state index in [0.29, 0.717) is 0 Å². The Bertz CT molecular complexity index is 262. The van der Waals surface area contributed by atoms with E-state index in [1.54, 1.807) is 0 Å². The van der Waals surface area contributed by atoms with Crippen LogP contribution in [-0.2, 0) is 0 Å². The number of nitrogens with one attached hydrogen (secondary N) is 1. The summed E-state index contributed by atoms with van der Waals surface area (Å²) in [4.78, 5) is 0. The van der Waals surface area contributed by atoms with Crippen LogP contribution in [0.2, 0.25) is 0 Å². The maximum atomic E-state index is 8.64. The van der Waals surface area contributed by atoms with Crippen LogP contribution in [0.25, 0.3) is 0 Å². The predicted octanol–water partition coefficient (Wildman–Crippen LogP) is 3.15. The highest BCUT2D eigenvalue weighted by molar-refractivity contribution is 5.43. The van der Waals surface area contributed by atoms with Crippen LogP contribution in [0.3, 0.4) is 0 Å². The zero-order valence-electron chi connectivity index (χ0n) is 7.66. The van der Waals surface area contributed by atoms with Crippen LogP contribution in [0.5, 0.6) is 0 Å². The molecule has 13 heavy (non-hydrogen) atoms. The molecule has 0 aromatic heterocycles. The fraction of sp³-hybridized carbons (Fsp3) is 0.455. The van der Waals surface area contributed by atoms with Crippen LogP contribution < -0.4 is 5.48 Å². The summed E-state index contributed by atoms with van der Waals surface area (Å²) in [5, 5.41) is 8.64. The minimum Gasteiger partial charge on any atom is -0.291 e. The van der Waals surface area contributed by atoms with Crippen LogP contribution in [0.4, 0.5) is 5.69 Å². The molecule has 0 heterocycles. The van der Waals surface area contributed by atoms with Gasteiger partial charge in [-0.05, 0) is 36.5 Å². The molecule has 1 aliphatic carbocycles. The van der Waals surface area contributed by atoms with Crippen molar-refractivity contribution in [1.82, 2.24) is 0 Å².